The molecule has 1 aliphatic rings. The van der Waals surface area contributed by atoms with E-state index < -0.39 is 11.7 Å². The van der Waals surface area contributed by atoms with Gasteiger partial charge in [-0.3, -0.25) is 14.7 Å². The summed E-state index contributed by atoms with van der Waals surface area (Å²) in [5.41, 5.74) is 2.11. The van der Waals surface area contributed by atoms with Crippen LogP contribution in [0.15, 0.2) is 54.6 Å². The molecule has 0 aliphatic carbocycles. The first-order chi connectivity index (χ1) is 15.0. The van der Waals surface area contributed by atoms with Gasteiger partial charge in [-0.1, -0.05) is 35.9 Å². The second kappa shape index (κ2) is 9.31. The number of amides is 2. The minimum absolute atomic E-state index is 0.0929. The quantitative estimate of drug-likeness (QED) is 0.617. The summed E-state index contributed by atoms with van der Waals surface area (Å²) in [7, 11) is 0. The number of aromatic nitrogens is 2. The first kappa shape index (κ1) is 21.1. The first-order valence-electron chi connectivity index (χ1n) is 10.1. The Morgan fingerprint density at radius 3 is 2.55 bits per heavy atom. The normalized spacial score (nSPS) is 14.5. The van der Waals surface area contributed by atoms with E-state index in [1.807, 2.05) is 17.0 Å². The fourth-order valence-corrected chi connectivity index (χ4v) is 3.87. The van der Waals surface area contributed by atoms with Crippen molar-refractivity contribution >= 4 is 29.1 Å². The van der Waals surface area contributed by atoms with Crippen LogP contribution in [0.25, 0.3) is 0 Å². The molecule has 3 aromatic rings. The fraction of sp³-hybridized carbons (Fsp3) is 0.261. The van der Waals surface area contributed by atoms with Gasteiger partial charge in [-0.2, -0.15) is 5.10 Å². The zero-order valence-electron chi connectivity index (χ0n) is 16.8. The van der Waals surface area contributed by atoms with Crippen LogP contribution in [0.3, 0.4) is 0 Å². The van der Waals surface area contributed by atoms with Gasteiger partial charge in [0.1, 0.15) is 5.82 Å². The van der Waals surface area contributed by atoms with Crippen LogP contribution in [0.2, 0.25) is 5.02 Å². The number of nitrogens with zero attached hydrogens (tertiary/aromatic N) is 2. The summed E-state index contributed by atoms with van der Waals surface area (Å²) in [4.78, 5) is 26.8. The van der Waals surface area contributed by atoms with Crippen molar-refractivity contribution in [1.82, 2.24) is 15.1 Å². The van der Waals surface area contributed by atoms with Crippen molar-refractivity contribution in [3.63, 3.8) is 0 Å². The number of hydrogen-bond acceptors (Lipinski definition) is 3. The van der Waals surface area contributed by atoms with E-state index in [1.54, 1.807) is 30.3 Å². The van der Waals surface area contributed by atoms with Gasteiger partial charge in [0.15, 0.2) is 5.69 Å². The van der Waals surface area contributed by atoms with E-state index >= 15 is 0 Å². The molecule has 6 nitrogen and oxygen atoms in total. The van der Waals surface area contributed by atoms with Crippen molar-refractivity contribution in [1.29, 1.82) is 0 Å². The minimum atomic E-state index is -0.498. The molecule has 0 atom stereocenters. The lowest BCUT2D eigenvalue weighted by Gasteiger charge is -2.31. The van der Waals surface area contributed by atoms with E-state index in [0.29, 0.717) is 24.5 Å². The lowest BCUT2D eigenvalue weighted by molar-refractivity contribution is -0.131. The van der Waals surface area contributed by atoms with E-state index in [1.165, 1.54) is 12.1 Å². The second-order valence-electron chi connectivity index (χ2n) is 7.60. The monoisotopic (exact) mass is 440 g/mol. The summed E-state index contributed by atoms with van der Waals surface area (Å²) in [6.07, 6.45) is 1.91. The maximum absolute atomic E-state index is 13.7. The van der Waals surface area contributed by atoms with Gasteiger partial charge >= 0.3 is 0 Å². The van der Waals surface area contributed by atoms with Gasteiger partial charge in [-0.15, -0.1) is 0 Å². The molecule has 1 fully saturated rings. The Kier molecular flexibility index (Phi) is 6.32. The summed E-state index contributed by atoms with van der Waals surface area (Å²) in [6.45, 7) is 1.29. The Morgan fingerprint density at radius 2 is 1.84 bits per heavy atom. The largest absolute Gasteiger partial charge is 0.342 e. The molecule has 1 aliphatic heterocycles. The maximum atomic E-state index is 13.7. The van der Waals surface area contributed by atoms with E-state index in [4.69, 9.17) is 11.6 Å². The Hall–Kier alpha value is -3.19. The Morgan fingerprint density at radius 1 is 1.13 bits per heavy atom. The number of halogens is 2. The predicted octanol–water partition coefficient (Wildman–Crippen LogP) is 4.40. The number of aromatic amines is 1. The molecule has 160 valence electrons. The standard InChI is InChI=1S/C23H22ClFN4O2/c24-17-7-5-15(6-8-17)13-22(30)29-11-9-16(10-12-29)20-14-21(28-27-20)23(31)26-19-4-2-1-3-18(19)25/h1-8,14,16H,9-13H2,(H,26,31)(H,27,28). The molecule has 31 heavy (non-hydrogen) atoms. The maximum Gasteiger partial charge on any atom is 0.276 e. The highest BCUT2D eigenvalue weighted by molar-refractivity contribution is 6.30. The van der Waals surface area contributed by atoms with E-state index in [9.17, 15) is 14.0 Å². The SMILES string of the molecule is O=C(Nc1ccccc1F)c1cc(C2CCN(C(=O)Cc3ccc(Cl)cc3)CC2)[nH]n1. The number of nitrogens with one attached hydrogen (secondary N) is 2. The van der Waals surface area contributed by atoms with Crippen LogP contribution >= 0.6 is 11.6 Å². The highest BCUT2D eigenvalue weighted by Gasteiger charge is 2.26. The van der Waals surface area contributed by atoms with Crippen LogP contribution in [-0.2, 0) is 11.2 Å². The molecule has 1 aromatic heterocycles. The van der Waals surface area contributed by atoms with Gasteiger partial charge in [0.05, 0.1) is 12.1 Å². The van der Waals surface area contributed by atoms with Crippen molar-refractivity contribution in [3.8, 4) is 0 Å². The minimum Gasteiger partial charge on any atom is -0.342 e. The molecule has 8 heteroatoms. The number of anilines is 1. The zero-order valence-corrected chi connectivity index (χ0v) is 17.5. The Labute approximate surface area is 184 Å². The number of rotatable bonds is 5. The van der Waals surface area contributed by atoms with Crippen LogP contribution in [0, 0.1) is 5.82 Å². The van der Waals surface area contributed by atoms with Gasteiger partial charge in [0, 0.05) is 29.7 Å². The van der Waals surface area contributed by atoms with E-state index in [0.717, 1.165) is 24.1 Å². The molecule has 0 spiro atoms. The molecule has 2 heterocycles. The molecular formula is C23H22ClFN4O2. The number of carbonyl (C=O) groups is 2. The third-order valence-electron chi connectivity index (χ3n) is 5.51. The number of likely N-dealkylation sites (tertiary alicyclic amines) is 1. The summed E-state index contributed by atoms with van der Waals surface area (Å²) >= 11 is 5.89. The summed E-state index contributed by atoms with van der Waals surface area (Å²) in [6, 6.07) is 15.0. The molecule has 2 aromatic carbocycles. The molecule has 2 amide bonds. The van der Waals surface area contributed by atoms with Crippen LogP contribution in [-0.4, -0.2) is 40.0 Å². The van der Waals surface area contributed by atoms with Crippen molar-refractivity contribution < 1.29 is 14.0 Å². The van der Waals surface area contributed by atoms with Crippen LogP contribution in [0.5, 0.6) is 0 Å². The molecule has 4 rings (SSSR count). The molecule has 0 bridgehead atoms. The molecule has 2 N–H and O–H groups in total. The van der Waals surface area contributed by atoms with Gasteiger partial charge in [0.25, 0.3) is 5.91 Å². The number of benzene rings is 2. The van der Waals surface area contributed by atoms with Gasteiger partial charge in [0.2, 0.25) is 5.91 Å². The molecule has 1 saturated heterocycles. The van der Waals surface area contributed by atoms with Gasteiger partial charge in [-0.25, -0.2) is 4.39 Å². The molecule has 0 saturated carbocycles. The predicted molar refractivity (Wildman–Crippen MR) is 117 cm³/mol. The van der Waals surface area contributed by atoms with E-state index in [-0.39, 0.29) is 23.2 Å². The average molecular weight is 441 g/mol. The van der Waals surface area contributed by atoms with Crippen molar-refractivity contribution in [3.05, 3.63) is 82.4 Å². The first-order valence-corrected chi connectivity index (χ1v) is 10.5. The summed E-state index contributed by atoms with van der Waals surface area (Å²) in [5.74, 6) is -0.692. The van der Waals surface area contributed by atoms with Crippen molar-refractivity contribution in [2.75, 3.05) is 18.4 Å². The number of hydrogen-bond donors (Lipinski definition) is 2. The lowest BCUT2D eigenvalue weighted by atomic mass is 9.93. The average Bonchev–Trinajstić information content (AvgIpc) is 3.27. The molecule has 0 radical (unpaired) electrons. The second-order valence-corrected chi connectivity index (χ2v) is 8.04. The zero-order chi connectivity index (χ0) is 21.8. The number of H-pyrrole nitrogens is 1. The summed E-state index contributed by atoms with van der Waals surface area (Å²) in [5, 5.41) is 10.2. The lowest BCUT2D eigenvalue weighted by Crippen LogP contribution is -2.38. The third-order valence-corrected chi connectivity index (χ3v) is 5.76. The highest BCUT2D eigenvalue weighted by Crippen LogP contribution is 2.27. The van der Waals surface area contributed by atoms with Crippen LogP contribution < -0.4 is 5.32 Å². The Bertz CT molecular complexity index is 1080. The molecule has 0 unspecified atom stereocenters. The summed E-state index contributed by atoms with van der Waals surface area (Å²) < 4.78 is 13.7. The number of para-hydroxylation sites is 1. The fourth-order valence-electron chi connectivity index (χ4n) is 3.74. The van der Waals surface area contributed by atoms with Crippen molar-refractivity contribution in [2.45, 2.75) is 25.2 Å². The topological polar surface area (TPSA) is 78.1 Å². The molecular weight excluding hydrogens is 419 g/mol. The number of piperidine rings is 1. The number of carbonyl (C=O) groups excluding carboxylic acids is 2. The van der Waals surface area contributed by atoms with Crippen molar-refractivity contribution in [2.24, 2.45) is 0 Å². The van der Waals surface area contributed by atoms with Gasteiger partial charge < -0.3 is 10.2 Å². The Balaban J connectivity index is 1.31. The smallest absolute Gasteiger partial charge is 0.276 e. The van der Waals surface area contributed by atoms with Crippen LogP contribution in [0.1, 0.15) is 40.5 Å². The van der Waals surface area contributed by atoms with Gasteiger partial charge in [-0.05, 0) is 48.7 Å². The highest BCUT2D eigenvalue weighted by atomic mass is 35.5. The van der Waals surface area contributed by atoms with E-state index in [2.05, 4.69) is 15.5 Å². The van der Waals surface area contributed by atoms with Crippen LogP contribution in [0.4, 0.5) is 10.1 Å². The third kappa shape index (κ3) is 5.11.